The van der Waals surface area contributed by atoms with E-state index in [0.29, 0.717) is 16.6 Å². The summed E-state index contributed by atoms with van der Waals surface area (Å²) in [6.07, 6.45) is 0. The van der Waals surface area contributed by atoms with Crippen molar-refractivity contribution in [2.75, 3.05) is 12.5 Å². The summed E-state index contributed by atoms with van der Waals surface area (Å²) in [6.45, 7) is 0. The molecular formula is C10H10ClN3OS. The van der Waals surface area contributed by atoms with Crippen LogP contribution in [0.3, 0.4) is 0 Å². The summed E-state index contributed by atoms with van der Waals surface area (Å²) in [5.74, 6) is 6.56. The van der Waals surface area contributed by atoms with Crippen molar-refractivity contribution in [2.45, 2.75) is 0 Å². The summed E-state index contributed by atoms with van der Waals surface area (Å²) >= 11 is 7.53. The molecule has 16 heavy (non-hydrogen) atoms. The van der Waals surface area contributed by atoms with Gasteiger partial charge in [0.1, 0.15) is 10.8 Å². The van der Waals surface area contributed by atoms with E-state index < -0.39 is 0 Å². The number of hydrogen-bond donors (Lipinski definition) is 2. The van der Waals surface area contributed by atoms with Gasteiger partial charge in [-0.05, 0) is 18.2 Å². The van der Waals surface area contributed by atoms with Gasteiger partial charge >= 0.3 is 0 Å². The SMILES string of the molecule is COc1ccc(-c2nc(NN)cs2)cc1Cl. The van der Waals surface area contributed by atoms with Crippen LogP contribution >= 0.6 is 22.9 Å². The Kier molecular flexibility index (Phi) is 3.28. The Bertz CT molecular complexity index is 501. The van der Waals surface area contributed by atoms with Crippen molar-refractivity contribution in [2.24, 2.45) is 5.84 Å². The normalized spacial score (nSPS) is 10.2. The van der Waals surface area contributed by atoms with Gasteiger partial charge in [0, 0.05) is 10.9 Å². The highest BCUT2D eigenvalue weighted by atomic mass is 35.5. The Labute approximate surface area is 102 Å². The molecule has 1 aromatic carbocycles. The molecule has 0 amide bonds. The highest BCUT2D eigenvalue weighted by molar-refractivity contribution is 7.13. The number of nitrogens with zero attached hydrogens (tertiary/aromatic N) is 1. The molecule has 0 fully saturated rings. The minimum Gasteiger partial charge on any atom is -0.495 e. The maximum absolute atomic E-state index is 6.03. The van der Waals surface area contributed by atoms with Gasteiger partial charge in [-0.1, -0.05) is 11.6 Å². The third kappa shape index (κ3) is 2.11. The number of aromatic nitrogens is 1. The second kappa shape index (κ2) is 4.69. The topological polar surface area (TPSA) is 60.2 Å². The molecule has 0 aliphatic heterocycles. The fourth-order valence-electron chi connectivity index (χ4n) is 1.27. The molecule has 1 aromatic heterocycles. The van der Waals surface area contributed by atoms with Crippen LogP contribution < -0.4 is 16.0 Å². The maximum atomic E-state index is 6.03. The van der Waals surface area contributed by atoms with E-state index in [0.717, 1.165) is 10.6 Å². The number of hydrogen-bond acceptors (Lipinski definition) is 5. The molecular weight excluding hydrogens is 246 g/mol. The van der Waals surface area contributed by atoms with Gasteiger partial charge in [-0.3, -0.25) is 0 Å². The zero-order valence-electron chi connectivity index (χ0n) is 8.53. The van der Waals surface area contributed by atoms with E-state index in [-0.39, 0.29) is 0 Å². The minimum absolute atomic E-state index is 0.567. The first-order chi connectivity index (χ1) is 7.74. The third-order valence-corrected chi connectivity index (χ3v) is 3.24. The molecule has 6 heteroatoms. The van der Waals surface area contributed by atoms with Gasteiger partial charge in [-0.15, -0.1) is 11.3 Å². The first-order valence-corrected chi connectivity index (χ1v) is 5.76. The maximum Gasteiger partial charge on any atom is 0.151 e. The Hall–Kier alpha value is -1.30. The lowest BCUT2D eigenvalue weighted by atomic mass is 10.2. The van der Waals surface area contributed by atoms with Crippen molar-refractivity contribution < 1.29 is 4.74 Å². The third-order valence-electron chi connectivity index (χ3n) is 2.05. The van der Waals surface area contributed by atoms with E-state index in [9.17, 15) is 0 Å². The fourth-order valence-corrected chi connectivity index (χ4v) is 2.29. The Morgan fingerprint density at radius 2 is 2.31 bits per heavy atom. The number of halogens is 1. The van der Waals surface area contributed by atoms with Crippen molar-refractivity contribution in [1.29, 1.82) is 0 Å². The lowest BCUT2D eigenvalue weighted by molar-refractivity contribution is 0.415. The molecule has 2 rings (SSSR count). The largest absolute Gasteiger partial charge is 0.495 e. The van der Waals surface area contributed by atoms with Crippen molar-refractivity contribution in [1.82, 2.24) is 4.98 Å². The van der Waals surface area contributed by atoms with Crippen LogP contribution in [0.1, 0.15) is 0 Å². The molecule has 0 saturated heterocycles. The highest BCUT2D eigenvalue weighted by Gasteiger charge is 2.07. The first-order valence-electron chi connectivity index (χ1n) is 4.50. The molecule has 84 valence electrons. The van der Waals surface area contributed by atoms with Crippen LogP contribution in [-0.2, 0) is 0 Å². The summed E-state index contributed by atoms with van der Waals surface area (Å²) < 4.78 is 5.08. The predicted octanol–water partition coefficient (Wildman–Crippen LogP) is 2.76. The predicted molar refractivity (Wildman–Crippen MR) is 66.9 cm³/mol. The fraction of sp³-hybridized carbons (Fsp3) is 0.100. The standard InChI is InChI=1S/C10H10ClN3OS/c1-15-8-3-2-6(4-7(8)11)10-13-9(14-12)5-16-10/h2-5,14H,12H2,1H3. The second-order valence-electron chi connectivity index (χ2n) is 3.03. The summed E-state index contributed by atoms with van der Waals surface area (Å²) in [7, 11) is 1.58. The van der Waals surface area contributed by atoms with E-state index in [1.165, 1.54) is 11.3 Å². The van der Waals surface area contributed by atoms with Crippen LogP contribution in [0.5, 0.6) is 5.75 Å². The van der Waals surface area contributed by atoms with Crippen LogP contribution in [0.2, 0.25) is 5.02 Å². The van der Waals surface area contributed by atoms with Crippen molar-refractivity contribution in [3.05, 3.63) is 28.6 Å². The Morgan fingerprint density at radius 1 is 1.50 bits per heavy atom. The number of nitrogen functional groups attached to an aromatic ring is 1. The van der Waals surface area contributed by atoms with Gasteiger partial charge in [-0.25, -0.2) is 10.8 Å². The molecule has 2 aromatic rings. The number of ether oxygens (including phenoxy) is 1. The molecule has 0 aliphatic carbocycles. The average Bonchev–Trinajstić information content (AvgIpc) is 2.77. The van der Waals surface area contributed by atoms with Crippen molar-refractivity contribution in [3.8, 4) is 16.3 Å². The number of rotatable bonds is 3. The number of nitrogens with two attached hydrogens (primary N) is 1. The summed E-state index contributed by atoms with van der Waals surface area (Å²) in [6, 6.07) is 5.54. The molecule has 3 N–H and O–H groups in total. The summed E-state index contributed by atoms with van der Waals surface area (Å²) in [4.78, 5) is 4.28. The first kappa shape index (κ1) is 11.2. The molecule has 0 atom stereocenters. The van der Waals surface area contributed by atoms with Crippen LogP contribution in [0.25, 0.3) is 10.6 Å². The number of nitrogens with one attached hydrogen (secondary N) is 1. The monoisotopic (exact) mass is 255 g/mol. The molecule has 0 radical (unpaired) electrons. The van der Waals surface area contributed by atoms with E-state index >= 15 is 0 Å². The van der Waals surface area contributed by atoms with E-state index in [2.05, 4.69) is 10.4 Å². The van der Waals surface area contributed by atoms with Crippen LogP contribution in [0.4, 0.5) is 5.82 Å². The zero-order chi connectivity index (χ0) is 11.5. The number of benzene rings is 1. The van der Waals surface area contributed by atoms with E-state index in [1.54, 1.807) is 7.11 Å². The van der Waals surface area contributed by atoms with Gasteiger partial charge in [0.15, 0.2) is 5.82 Å². The Morgan fingerprint density at radius 3 is 2.88 bits per heavy atom. The van der Waals surface area contributed by atoms with Crippen LogP contribution in [0, 0.1) is 0 Å². The molecule has 0 spiro atoms. The van der Waals surface area contributed by atoms with Crippen LogP contribution in [0.15, 0.2) is 23.6 Å². The van der Waals surface area contributed by atoms with Crippen LogP contribution in [-0.4, -0.2) is 12.1 Å². The van der Waals surface area contributed by atoms with Gasteiger partial charge in [0.25, 0.3) is 0 Å². The Balaban J connectivity index is 2.37. The second-order valence-corrected chi connectivity index (χ2v) is 4.30. The molecule has 0 saturated carbocycles. The lowest BCUT2D eigenvalue weighted by Crippen LogP contribution is -2.06. The number of thiazole rings is 1. The lowest BCUT2D eigenvalue weighted by Gasteiger charge is -2.03. The van der Waals surface area contributed by atoms with Gasteiger partial charge in [0.05, 0.1) is 12.1 Å². The number of anilines is 1. The zero-order valence-corrected chi connectivity index (χ0v) is 10.1. The summed E-state index contributed by atoms with van der Waals surface area (Å²) in [5.41, 5.74) is 3.44. The van der Waals surface area contributed by atoms with Gasteiger partial charge in [-0.2, -0.15) is 0 Å². The number of hydrazine groups is 1. The minimum atomic E-state index is 0.567. The van der Waals surface area contributed by atoms with Crippen molar-refractivity contribution >= 4 is 28.8 Å². The molecule has 0 aliphatic rings. The average molecular weight is 256 g/mol. The van der Waals surface area contributed by atoms with E-state index in [1.807, 2.05) is 23.6 Å². The molecule has 4 nitrogen and oxygen atoms in total. The highest BCUT2D eigenvalue weighted by Crippen LogP contribution is 2.32. The smallest absolute Gasteiger partial charge is 0.151 e. The number of methoxy groups -OCH3 is 1. The molecule has 0 unspecified atom stereocenters. The summed E-state index contributed by atoms with van der Waals surface area (Å²) in [5, 5.41) is 3.27. The quantitative estimate of drug-likeness (QED) is 0.654. The molecule has 0 bridgehead atoms. The van der Waals surface area contributed by atoms with Gasteiger partial charge < -0.3 is 10.2 Å². The van der Waals surface area contributed by atoms with Crippen molar-refractivity contribution in [3.63, 3.8) is 0 Å². The molecule has 1 heterocycles. The van der Waals surface area contributed by atoms with E-state index in [4.69, 9.17) is 22.2 Å². The van der Waals surface area contributed by atoms with Gasteiger partial charge in [0.2, 0.25) is 0 Å².